The maximum atomic E-state index is 13.4. The molecule has 1 aliphatic heterocycles. The van der Waals surface area contributed by atoms with Crippen molar-refractivity contribution in [3.63, 3.8) is 0 Å². The van der Waals surface area contributed by atoms with Crippen LogP contribution in [-0.2, 0) is 24.3 Å². The van der Waals surface area contributed by atoms with E-state index in [0.717, 1.165) is 24.0 Å². The highest BCUT2D eigenvalue weighted by molar-refractivity contribution is 6.00. The lowest BCUT2D eigenvalue weighted by atomic mass is 10.0. The number of hydrogen-bond acceptors (Lipinski definition) is 3. The van der Waals surface area contributed by atoms with Crippen molar-refractivity contribution in [2.24, 2.45) is 0 Å². The maximum Gasteiger partial charge on any atom is 0.254 e. The van der Waals surface area contributed by atoms with Gasteiger partial charge in [0.2, 0.25) is 5.91 Å². The van der Waals surface area contributed by atoms with E-state index in [-0.39, 0.29) is 24.4 Å². The molecular formula is C26H27N3O2. The van der Waals surface area contributed by atoms with Gasteiger partial charge in [0, 0.05) is 37.1 Å². The summed E-state index contributed by atoms with van der Waals surface area (Å²) in [5.41, 5.74) is 3.98. The Labute approximate surface area is 183 Å². The Kier molecular flexibility index (Phi) is 6.41. The number of aryl methyl sites for hydroxylation is 1. The molecule has 5 heteroatoms. The highest BCUT2D eigenvalue weighted by Gasteiger charge is 2.30. The first-order valence-electron chi connectivity index (χ1n) is 10.7. The minimum Gasteiger partial charge on any atom is -0.334 e. The number of aromatic nitrogens is 1. The number of pyridine rings is 1. The molecule has 0 saturated carbocycles. The summed E-state index contributed by atoms with van der Waals surface area (Å²) in [6, 6.07) is 21.8. The smallest absolute Gasteiger partial charge is 0.254 e. The van der Waals surface area contributed by atoms with E-state index in [2.05, 4.69) is 24.0 Å². The molecule has 2 amide bonds. The Morgan fingerprint density at radius 3 is 2.45 bits per heavy atom. The zero-order valence-corrected chi connectivity index (χ0v) is 17.8. The number of nitrogens with zero attached hydrogens (tertiary/aromatic N) is 3. The molecule has 2 heterocycles. The van der Waals surface area contributed by atoms with Crippen LogP contribution in [0.2, 0.25) is 0 Å². The lowest BCUT2D eigenvalue weighted by Gasteiger charge is -2.31. The molecule has 4 rings (SSSR count). The topological polar surface area (TPSA) is 53.5 Å². The maximum absolute atomic E-state index is 13.4. The summed E-state index contributed by atoms with van der Waals surface area (Å²) >= 11 is 0. The predicted molar refractivity (Wildman–Crippen MR) is 120 cm³/mol. The molecule has 0 aliphatic carbocycles. The standard InChI is InChI=1S/C26H27N3O2/c1-20(11-12-21-7-3-2-4-8-21)29(17-22-13-15-27-16-14-22)25(30)19-28-18-23-9-5-6-10-24(23)26(28)31/h2-10,13-16,20H,11-12,17-19H2,1H3/t20-/m1/s1. The summed E-state index contributed by atoms with van der Waals surface area (Å²) < 4.78 is 0. The molecule has 5 nitrogen and oxygen atoms in total. The van der Waals surface area contributed by atoms with Crippen LogP contribution in [0, 0.1) is 0 Å². The summed E-state index contributed by atoms with van der Waals surface area (Å²) in [6.45, 7) is 3.17. The Hall–Kier alpha value is -3.47. The van der Waals surface area contributed by atoms with Crippen LogP contribution in [0.4, 0.5) is 0 Å². The van der Waals surface area contributed by atoms with Gasteiger partial charge >= 0.3 is 0 Å². The summed E-state index contributed by atoms with van der Waals surface area (Å²) in [6.07, 6.45) is 5.24. The Morgan fingerprint density at radius 2 is 1.71 bits per heavy atom. The molecule has 0 N–H and O–H groups in total. The van der Waals surface area contributed by atoms with Crippen LogP contribution in [-0.4, -0.2) is 39.2 Å². The molecule has 31 heavy (non-hydrogen) atoms. The van der Waals surface area contributed by atoms with E-state index in [4.69, 9.17) is 0 Å². The van der Waals surface area contributed by atoms with Crippen molar-refractivity contribution >= 4 is 11.8 Å². The molecule has 0 bridgehead atoms. The van der Waals surface area contributed by atoms with Gasteiger partial charge in [-0.05, 0) is 54.7 Å². The van der Waals surface area contributed by atoms with E-state index in [1.807, 2.05) is 59.5 Å². The highest BCUT2D eigenvalue weighted by Crippen LogP contribution is 2.23. The Bertz CT molecular complexity index is 1040. The fraction of sp³-hybridized carbons (Fsp3) is 0.269. The summed E-state index contributed by atoms with van der Waals surface area (Å²) in [4.78, 5) is 33.7. The average Bonchev–Trinajstić information content (AvgIpc) is 3.12. The summed E-state index contributed by atoms with van der Waals surface area (Å²) in [5, 5.41) is 0. The van der Waals surface area contributed by atoms with E-state index >= 15 is 0 Å². The normalized spacial score (nSPS) is 13.7. The fourth-order valence-corrected chi connectivity index (χ4v) is 4.05. The van der Waals surface area contributed by atoms with Gasteiger partial charge in [-0.25, -0.2) is 0 Å². The van der Waals surface area contributed by atoms with Crippen molar-refractivity contribution in [2.45, 2.75) is 38.9 Å². The lowest BCUT2D eigenvalue weighted by molar-refractivity contribution is -0.134. The van der Waals surface area contributed by atoms with Crippen molar-refractivity contribution in [3.8, 4) is 0 Å². The largest absolute Gasteiger partial charge is 0.334 e. The van der Waals surface area contributed by atoms with Crippen LogP contribution < -0.4 is 0 Å². The van der Waals surface area contributed by atoms with E-state index in [9.17, 15) is 9.59 Å². The van der Waals surface area contributed by atoms with Crippen LogP contribution in [0.3, 0.4) is 0 Å². The van der Waals surface area contributed by atoms with Gasteiger partial charge in [-0.1, -0.05) is 48.5 Å². The minimum absolute atomic E-state index is 0.0291. The second kappa shape index (κ2) is 9.56. The van der Waals surface area contributed by atoms with Crippen molar-refractivity contribution in [2.75, 3.05) is 6.54 Å². The van der Waals surface area contributed by atoms with Gasteiger partial charge in [-0.15, -0.1) is 0 Å². The van der Waals surface area contributed by atoms with Crippen LogP contribution in [0.25, 0.3) is 0 Å². The van der Waals surface area contributed by atoms with Gasteiger partial charge in [0.25, 0.3) is 5.91 Å². The third-order valence-electron chi connectivity index (χ3n) is 5.87. The first-order chi connectivity index (χ1) is 15.1. The van der Waals surface area contributed by atoms with Crippen LogP contribution >= 0.6 is 0 Å². The van der Waals surface area contributed by atoms with Crippen molar-refractivity contribution < 1.29 is 9.59 Å². The molecule has 158 valence electrons. The highest BCUT2D eigenvalue weighted by atomic mass is 16.2. The number of amides is 2. The van der Waals surface area contributed by atoms with Gasteiger partial charge in [0.05, 0.1) is 0 Å². The zero-order valence-electron chi connectivity index (χ0n) is 17.8. The van der Waals surface area contributed by atoms with E-state index in [0.29, 0.717) is 18.7 Å². The van der Waals surface area contributed by atoms with Crippen LogP contribution in [0.1, 0.15) is 40.4 Å². The first-order valence-corrected chi connectivity index (χ1v) is 10.7. The van der Waals surface area contributed by atoms with Gasteiger partial charge in [-0.3, -0.25) is 14.6 Å². The van der Waals surface area contributed by atoms with Gasteiger partial charge < -0.3 is 9.80 Å². The monoisotopic (exact) mass is 413 g/mol. The molecule has 1 aromatic heterocycles. The Morgan fingerprint density at radius 1 is 1.00 bits per heavy atom. The molecule has 2 aromatic carbocycles. The second-order valence-corrected chi connectivity index (χ2v) is 8.07. The molecule has 0 radical (unpaired) electrons. The SMILES string of the molecule is C[C@H](CCc1ccccc1)N(Cc1ccncc1)C(=O)CN1Cc2ccccc2C1=O. The number of rotatable bonds is 8. The zero-order chi connectivity index (χ0) is 21.6. The van der Waals surface area contributed by atoms with Crippen LogP contribution in [0.15, 0.2) is 79.1 Å². The minimum atomic E-state index is -0.0650. The molecule has 3 aromatic rings. The second-order valence-electron chi connectivity index (χ2n) is 8.07. The number of carbonyl (C=O) groups excluding carboxylic acids is 2. The Balaban J connectivity index is 1.46. The molecule has 1 aliphatic rings. The van der Waals surface area contributed by atoms with Crippen molar-refractivity contribution in [1.82, 2.24) is 14.8 Å². The van der Waals surface area contributed by atoms with Crippen molar-refractivity contribution in [1.29, 1.82) is 0 Å². The average molecular weight is 414 g/mol. The molecule has 1 atom stereocenters. The summed E-state index contributed by atoms with van der Waals surface area (Å²) in [5.74, 6) is -0.0942. The third-order valence-corrected chi connectivity index (χ3v) is 5.87. The molecular weight excluding hydrogens is 386 g/mol. The molecule has 0 unspecified atom stereocenters. The fourth-order valence-electron chi connectivity index (χ4n) is 4.05. The number of hydrogen-bond donors (Lipinski definition) is 0. The predicted octanol–water partition coefficient (Wildman–Crippen LogP) is 4.09. The third kappa shape index (κ3) is 5.00. The number of carbonyl (C=O) groups is 2. The van der Waals surface area contributed by atoms with Gasteiger partial charge in [0.15, 0.2) is 0 Å². The van der Waals surface area contributed by atoms with E-state index < -0.39 is 0 Å². The van der Waals surface area contributed by atoms with Gasteiger partial charge in [0.1, 0.15) is 6.54 Å². The first kappa shape index (κ1) is 20.8. The summed E-state index contributed by atoms with van der Waals surface area (Å²) in [7, 11) is 0. The van der Waals surface area contributed by atoms with Gasteiger partial charge in [-0.2, -0.15) is 0 Å². The van der Waals surface area contributed by atoms with E-state index in [1.165, 1.54) is 5.56 Å². The lowest BCUT2D eigenvalue weighted by Crippen LogP contribution is -2.44. The molecule has 0 spiro atoms. The van der Waals surface area contributed by atoms with E-state index in [1.54, 1.807) is 17.3 Å². The van der Waals surface area contributed by atoms with Crippen LogP contribution in [0.5, 0.6) is 0 Å². The quantitative estimate of drug-likeness (QED) is 0.559. The number of fused-ring (bicyclic) bond motifs is 1. The molecule has 0 fully saturated rings. The molecule has 0 saturated heterocycles. The number of benzene rings is 2. The van der Waals surface area contributed by atoms with Crippen molar-refractivity contribution in [3.05, 3.63) is 101 Å².